The largest absolute Gasteiger partial charge is 0.319 e. The molecule has 1 saturated carbocycles. The van der Waals surface area contributed by atoms with Crippen molar-refractivity contribution in [3.05, 3.63) is 11.6 Å². The highest BCUT2D eigenvalue weighted by Crippen LogP contribution is 2.32. The van der Waals surface area contributed by atoms with E-state index in [0.717, 1.165) is 50.5 Å². The van der Waals surface area contributed by atoms with Gasteiger partial charge in [0, 0.05) is 0 Å². The lowest BCUT2D eigenvalue weighted by atomic mass is 9.84. The Bertz CT molecular complexity index is 261. The molecule has 2 nitrogen and oxygen atoms in total. The van der Waals surface area contributed by atoms with E-state index in [1.165, 1.54) is 6.42 Å². The van der Waals surface area contributed by atoms with Crippen molar-refractivity contribution >= 4 is 5.78 Å². The fourth-order valence-electron chi connectivity index (χ4n) is 2.60. The number of ketones is 1. The fourth-order valence-corrected chi connectivity index (χ4v) is 2.60. The van der Waals surface area contributed by atoms with Crippen LogP contribution in [0.25, 0.3) is 0 Å². The summed E-state index contributed by atoms with van der Waals surface area (Å²) in [6, 6.07) is 0. The number of rotatable bonds is 2. The average Bonchev–Trinajstić information content (AvgIpc) is 2.67. The van der Waals surface area contributed by atoms with Crippen LogP contribution in [0.1, 0.15) is 51.4 Å². The monoisotopic (exact) mass is 193 g/mol. The summed E-state index contributed by atoms with van der Waals surface area (Å²) < 4.78 is 0. The minimum atomic E-state index is -0.497. The van der Waals surface area contributed by atoms with Gasteiger partial charge < -0.3 is 5.73 Å². The van der Waals surface area contributed by atoms with Gasteiger partial charge in [0.15, 0.2) is 5.78 Å². The molecule has 0 heterocycles. The Morgan fingerprint density at radius 1 is 1.21 bits per heavy atom. The number of hydrogen-bond acceptors (Lipinski definition) is 2. The summed E-state index contributed by atoms with van der Waals surface area (Å²) in [6.45, 7) is 0. The van der Waals surface area contributed by atoms with Crippen LogP contribution >= 0.6 is 0 Å². The molecule has 2 aliphatic rings. The summed E-state index contributed by atoms with van der Waals surface area (Å²) in [5, 5.41) is 0. The van der Waals surface area contributed by atoms with E-state index in [1.54, 1.807) is 0 Å². The maximum Gasteiger partial charge on any atom is 0.178 e. The van der Waals surface area contributed by atoms with Gasteiger partial charge in [0.1, 0.15) is 0 Å². The molecule has 2 N–H and O–H groups in total. The molecule has 0 aromatic heterocycles. The summed E-state index contributed by atoms with van der Waals surface area (Å²) in [6.07, 6.45) is 10.5. The van der Waals surface area contributed by atoms with Crippen LogP contribution in [0, 0.1) is 0 Å². The molecule has 0 amide bonds. The quantitative estimate of drug-likeness (QED) is 0.731. The van der Waals surface area contributed by atoms with Gasteiger partial charge in [-0.05, 0) is 44.1 Å². The van der Waals surface area contributed by atoms with Crippen LogP contribution in [0.3, 0.4) is 0 Å². The maximum absolute atomic E-state index is 12.1. The van der Waals surface area contributed by atoms with Crippen molar-refractivity contribution in [3.63, 3.8) is 0 Å². The molecule has 0 aromatic rings. The Labute approximate surface area is 85.6 Å². The first-order valence-corrected chi connectivity index (χ1v) is 5.75. The van der Waals surface area contributed by atoms with Crippen LogP contribution in [0.2, 0.25) is 0 Å². The standard InChI is InChI=1S/C12H19NO/c13-12(8-4-5-9-12)11(14)10-6-2-1-3-7-10/h6H,1-5,7-9,13H2. The molecule has 0 atom stereocenters. The molecular formula is C12H19NO. The SMILES string of the molecule is NC1(C(=O)C2=CCCCC2)CCCC1. The Morgan fingerprint density at radius 2 is 1.93 bits per heavy atom. The second-order valence-corrected chi connectivity index (χ2v) is 4.67. The molecule has 0 bridgehead atoms. The Hall–Kier alpha value is -0.630. The molecule has 1 fully saturated rings. The van der Waals surface area contributed by atoms with E-state index in [4.69, 9.17) is 5.73 Å². The lowest BCUT2D eigenvalue weighted by molar-refractivity contribution is -0.120. The smallest absolute Gasteiger partial charge is 0.178 e. The van der Waals surface area contributed by atoms with E-state index in [1.807, 2.05) is 0 Å². The van der Waals surface area contributed by atoms with Crippen molar-refractivity contribution in [3.8, 4) is 0 Å². The molecule has 2 aliphatic carbocycles. The number of allylic oxidation sites excluding steroid dienone is 1. The third-order valence-corrected chi connectivity index (χ3v) is 3.53. The molecule has 2 rings (SSSR count). The molecule has 78 valence electrons. The Morgan fingerprint density at radius 3 is 2.50 bits per heavy atom. The lowest BCUT2D eigenvalue weighted by Gasteiger charge is -2.24. The number of carbonyl (C=O) groups is 1. The van der Waals surface area contributed by atoms with Gasteiger partial charge in [-0.3, -0.25) is 4.79 Å². The van der Waals surface area contributed by atoms with Gasteiger partial charge >= 0.3 is 0 Å². The van der Waals surface area contributed by atoms with Crippen LogP contribution in [0.15, 0.2) is 11.6 Å². The molecule has 2 heteroatoms. The van der Waals surface area contributed by atoms with Gasteiger partial charge in [-0.15, -0.1) is 0 Å². The summed E-state index contributed by atoms with van der Waals surface area (Å²) >= 11 is 0. The third-order valence-electron chi connectivity index (χ3n) is 3.53. The first kappa shape index (κ1) is 9.91. The van der Waals surface area contributed by atoms with E-state index in [0.29, 0.717) is 0 Å². The number of nitrogens with two attached hydrogens (primary N) is 1. The highest BCUT2D eigenvalue weighted by atomic mass is 16.1. The van der Waals surface area contributed by atoms with E-state index in [-0.39, 0.29) is 5.78 Å². The molecule has 0 aliphatic heterocycles. The van der Waals surface area contributed by atoms with Crippen molar-refractivity contribution in [2.75, 3.05) is 0 Å². The molecular weight excluding hydrogens is 174 g/mol. The average molecular weight is 193 g/mol. The highest BCUT2D eigenvalue weighted by molar-refractivity contribution is 6.02. The Balaban J connectivity index is 2.10. The van der Waals surface area contributed by atoms with Gasteiger partial charge in [-0.1, -0.05) is 18.9 Å². The summed E-state index contributed by atoms with van der Waals surface area (Å²) in [4.78, 5) is 12.1. The van der Waals surface area contributed by atoms with Crippen LogP contribution in [-0.4, -0.2) is 11.3 Å². The van der Waals surface area contributed by atoms with Crippen LogP contribution in [0.5, 0.6) is 0 Å². The molecule has 0 aromatic carbocycles. The van der Waals surface area contributed by atoms with Crippen molar-refractivity contribution in [1.29, 1.82) is 0 Å². The minimum absolute atomic E-state index is 0.245. The topological polar surface area (TPSA) is 43.1 Å². The van der Waals surface area contributed by atoms with Crippen molar-refractivity contribution in [1.82, 2.24) is 0 Å². The summed E-state index contributed by atoms with van der Waals surface area (Å²) in [5.41, 5.74) is 6.66. The predicted octanol–water partition coefficient (Wildman–Crippen LogP) is 2.33. The van der Waals surface area contributed by atoms with E-state index in [2.05, 4.69) is 6.08 Å². The zero-order chi connectivity index (χ0) is 10.0. The highest BCUT2D eigenvalue weighted by Gasteiger charge is 2.38. The lowest BCUT2D eigenvalue weighted by Crippen LogP contribution is -2.46. The normalized spacial score (nSPS) is 25.9. The summed E-state index contributed by atoms with van der Waals surface area (Å²) in [5.74, 6) is 0.245. The second-order valence-electron chi connectivity index (χ2n) is 4.67. The van der Waals surface area contributed by atoms with Crippen LogP contribution < -0.4 is 5.73 Å². The minimum Gasteiger partial charge on any atom is -0.319 e. The predicted molar refractivity (Wildman–Crippen MR) is 56.9 cm³/mol. The van der Waals surface area contributed by atoms with Crippen molar-refractivity contribution in [2.24, 2.45) is 5.73 Å². The molecule has 0 spiro atoms. The van der Waals surface area contributed by atoms with Crippen LogP contribution in [0.4, 0.5) is 0 Å². The molecule has 0 saturated heterocycles. The molecule has 14 heavy (non-hydrogen) atoms. The maximum atomic E-state index is 12.1. The van der Waals surface area contributed by atoms with E-state index in [9.17, 15) is 4.79 Å². The number of Topliss-reactive ketones (excluding diaryl/α,β-unsaturated/α-hetero) is 1. The van der Waals surface area contributed by atoms with Gasteiger partial charge in [0.2, 0.25) is 0 Å². The molecule has 0 radical (unpaired) electrons. The zero-order valence-corrected chi connectivity index (χ0v) is 8.72. The number of carbonyl (C=O) groups excluding carboxylic acids is 1. The number of hydrogen-bond donors (Lipinski definition) is 1. The van der Waals surface area contributed by atoms with E-state index < -0.39 is 5.54 Å². The van der Waals surface area contributed by atoms with Crippen molar-refractivity contribution < 1.29 is 4.79 Å². The van der Waals surface area contributed by atoms with Gasteiger partial charge in [-0.25, -0.2) is 0 Å². The summed E-state index contributed by atoms with van der Waals surface area (Å²) in [7, 11) is 0. The fraction of sp³-hybridized carbons (Fsp3) is 0.750. The van der Waals surface area contributed by atoms with Gasteiger partial charge in [0.25, 0.3) is 0 Å². The molecule has 0 unspecified atom stereocenters. The van der Waals surface area contributed by atoms with Gasteiger partial charge in [0.05, 0.1) is 5.54 Å². The zero-order valence-electron chi connectivity index (χ0n) is 8.72. The van der Waals surface area contributed by atoms with Crippen LogP contribution in [-0.2, 0) is 4.79 Å². The first-order valence-electron chi connectivity index (χ1n) is 5.75. The van der Waals surface area contributed by atoms with Gasteiger partial charge in [-0.2, -0.15) is 0 Å². The Kier molecular flexibility index (Phi) is 2.73. The van der Waals surface area contributed by atoms with E-state index >= 15 is 0 Å². The van der Waals surface area contributed by atoms with Crippen molar-refractivity contribution in [2.45, 2.75) is 56.9 Å². The third kappa shape index (κ3) is 1.76. The first-order chi connectivity index (χ1) is 6.72. The second kappa shape index (κ2) is 3.85.